The van der Waals surface area contributed by atoms with Gasteiger partial charge in [-0.15, -0.1) is 0 Å². The number of aliphatic carboxylic acids is 1. The van der Waals surface area contributed by atoms with E-state index >= 15 is 0 Å². The number of benzene rings is 3. The molecule has 0 atom stereocenters. The molecule has 174 valence electrons. The standard InChI is InChI=1S/C26H25N3O5/c27-24(29-26(33)34-17-18-5-2-1-3-6-18)21-12-8-19(9-13-21)20-10-14-22(15-11-20)25(32)28-16-4-7-23(30)31/h1-3,5-6,8-15H,4,7,16-17H2,(H,28,32)(H,30,31)(H2,27,29,33). The molecule has 0 spiro atoms. The fourth-order valence-corrected chi connectivity index (χ4v) is 3.11. The first kappa shape index (κ1) is 24.2. The van der Waals surface area contributed by atoms with E-state index in [2.05, 4.69) is 10.3 Å². The summed E-state index contributed by atoms with van der Waals surface area (Å²) in [6.07, 6.45) is -0.371. The van der Waals surface area contributed by atoms with E-state index in [-0.39, 0.29) is 24.8 Å². The van der Waals surface area contributed by atoms with Crippen LogP contribution in [0.25, 0.3) is 11.1 Å². The predicted molar refractivity (Wildman–Crippen MR) is 128 cm³/mol. The van der Waals surface area contributed by atoms with Crippen molar-refractivity contribution in [1.29, 1.82) is 0 Å². The number of carboxylic acid groups (broad SMARTS) is 1. The lowest BCUT2D eigenvalue weighted by molar-refractivity contribution is -0.137. The lowest BCUT2D eigenvalue weighted by Crippen LogP contribution is -2.24. The highest BCUT2D eigenvalue weighted by Crippen LogP contribution is 2.20. The number of nitrogens with zero attached hydrogens (tertiary/aromatic N) is 1. The van der Waals surface area contributed by atoms with Gasteiger partial charge in [-0.3, -0.25) is 9.59 Å². The first-order valence-corrected chi connectivity index (χ1v) is 10.7. The topological polar surface area (TPSA) is 131 Å². The number of hydrogen-bond donors (Lipinski definition) is 3. The zero-order valence-electron chi connectivity index (χ0n) is 18.4. The maximum Gasteiger partial charge on any atom is 0.435 e. The lowest BCUT2D eigenvalue weighted by atomic mass is 10.0. The number of amides is 2. The van der Waals surface area contributed by atoms with Crippen molar-refractivity contribution in [3.63, 3.8) is 0 Å². The van der Waals surface area contributed by atoms with Gasteiger partial charge in [0.15, 0.2) is 0 Å². The third kappa shape index (κ3) is 7.30. The Hall–Kier alpha value is -4.46. The second-order valence-electron chi connectivity index (χ2n) is 7.45. The Morgan fingerprint density at radius 3 is 2.03 bits per heavy atom. The van der Waals surface area contributed by atoms with Crippen LogP contribution in [0.15, 0.2) is 83.9 Å². The maximum absolute atomic E-state index is 12.1. The van der Waals surface area contributed by atoms with Crippen molar-refractivity contribution in [2.75, 3.05) is 6.54 Å². The molecule has 0 aliphatic carbocycles. The van der Waals surface area contributed by atoms with E-state index in [1.165, 1.54) is 0 Å². The van der Waals surface area contributed by atoms with Gasteiger partial charge in [-0.1, -0.05) is 66.7 Å². The molecule has 0 aliphatic heterocycles. The fraction of sp³-hybridized carbons (Fsp3) is 0.154. The van der Waals surface area contributed by atoms with Gasteiger partial charge in [0.25, 0.3) is 5.91 Å². The molecule has 3 aromatic rings. The van der Waals surface area contributed by atoms with Crippen molar-refractivity contribution in [2.45, 2.75) is 19.4 Å². The van der Waals surface area contributed by atoms with Gasteiger partial charge in [0.1, 0.15) is 12.4 Å². The van der Waals surface area contributed by atoms with E-state index in [0.717, 1.165) is 16.7 Å². The van der Waals surface area contributed by atoms with E-state index in [4.69, 9.17) is 15.6 Å². The highest BCUT2D eigenvalue weighted by Gasteiger charge is 2.08. The number of nitrogens with one attached hydrogen (secondary N) is 1. The minimum Gasteiger partial charge on any atom is -0.481 e. The Morgan fingerprint density at radius 2 is 1.44 bits per heavy atom. The molecule has 0 aromatic heterocycles. The molecular weight excluding hydrogens is 434 g/mol. The third-order valence-corrected chi connectivity index (χ3v) is 4.93. The van der Waals surface area contributed by atoms with Crippen molar-refractivity contribution in [3.8, 4) is 11.1 Å². The van der Waals surface area contributed by atoms with Crippen LogP contribution in [0.2, 0.25) is 0 Å². The Bertz CT molecular complexity index is 1160. The Kier molecular flexibility index (Phi) is 8.51. The number of hydrogen-bond acceptors (Lipinski definition) is 4. The fourth-order valence-electron chi connectivity index (χ4n) is 3.11. The summed E-state index contributed by atoms with van der Waals surface area (Å²) >= 11 is 0. The van der Waals surface area contributed by atoms with Crippen molar-refractivity contribution in [3.05, 3.63) is 95.6 Å². The van der Waals surface area contributed by atoms with Crippen LogP contribution in [0.5, 0.6) is 0 Å². The SMILES string of the molecule is NC(=NC(=O)OCc1ccccc1)c1ccc(-c2ccc(C(=O)NCCCC(=O)O)cc2)cc1. The van der Waals surface area contributed by atoms with Crippen LogP contribution in [0.1, 0.15) is 34.3 Å². The smallest absolute Gasteiger partial charge is 0.435 e. The third-order valence-electron chi connectivity index (χ3n) is 4.93. The first-order chi connectivity index (χ1) is 16.4. The van der Waals surface area contributed by atoms with Gasteiger partial charge in [0.2, 0.25) is 0 Å². The van der Waals surface area contributed by atoms with Crippen LogP contribution >= 0.6 is 0 Å². The number of aliphatic imine (C=N–C) groups is 1. The van der Waals surface area contributed by atoms with Crippen molar-refractivity contribution >= 4 is 23.8 Å². The molecule has 3 aromatic carbocycles. The summed E-state index contributed by atoms with van der Waals surface area (Å²) in [7, 11) is 0. The molecule has 0 unspecified atom stereocenters. The number of amidine groups is 1. The zero-order chi connectivity index (χ0) is 24.3. The minimum atomic E-state index is -0.888. The number of carbonyl (C=O) groups excluding carboxylic acids is 2. The van der Waals surface area contributed by atoms with Gasteiger partial charge in [-0.2, -0.15) is 4.99 Å². The second kappa shape index (κ2) is 12.0. The van der Waals surface area contributed by atoms with Crippen LogP contribution in [-0.4, -0.2) is 35.5 Å². The molecule has 2 amide bonds. The summed E-state index contributed by atoms with van der Waals surface area (Å²) in [6, 6.07) is 23.5. The van der Waals surface area contributed by atoms with Gasteiger partial charge in [-0.05, 0) is 35.2 Å². The summed E-state index contributed by atoms with van der Waals surface area (Å²) < 4.78 is 5.12. The molecule has 3 rings (SSSR count). The lowest BCUT2D eigenvalue weighted by Gasteiger charge is -2.07. The molecule has 0 aliphatic rings. The van der Waals surface area contributed by atoms with Gasteiger partial charge >= 0.3 is 12.1 Å². The molecule has 8 heteroatoms. The van der Waals surface area contributed by atoms with Gasteiger partial charge < -0.3 is 20.9 Å². The number of ether oxygens (including phenoxy) is 1. The first-order valence-electron chi connectivity index (χ1n) is 10.7. The van der Waals surface area contributed by atoms with Crippen molar-refractivity contribution in [1.82, 2.24) is 5.32 Å². The van der Waals surface area contributed by atoms with E-state index in [0.29, 0.717) is 24.1 Å². The van der Waals surface area contributed by atoms with Crippen LogP contribution < -0.4 is 11.1 Å². The molecular formula is C26H25N3O5. The van der Waals surface area contributed by atoms with Gasteiger partial charge in [0, 0.05) is 24.1 Å². The predicted octanol–water partition coefficient (Wildman–Crippen LogP) is 3.99. The van der Waals surface area contributed by atoms with Crippen molar-refractivity contribution < 1.29 is 24.2 Å². The zero-order valence-corrected chi connectivity index (χ0v) is 18.4. The molecule has 34 heavy (non-hydrogen) atoms. The summed E-state index contributed by atoms with van der Waals surface area (Å²) in [4.78, 5) is 38.4. The summed E-state index contributed by atoms with van der Waals surface area (Å²) in [5, 5.41) is 11.3. The summed E-state index contributed by atoms with van der Waals surface area (Å²) in [6.45, 7) is 0.420. The van der Waals surface area contributed by atoms with Crippen LogP contribution in [-0.2, 0) is 16.1 Å². The van der Waals surface area contributed by atoms with E-state index < -0.39 is 12.1 Å². The highest BCUT2D eigenvalue weighted by molar-refractivity contribution is 6.03. The van der Waals surface area contributed by atoms with E-state index in [1.807, 2.05) is 54.6 Å². The normalized spacial score (nSPS) is 11.0. The van der Waals surface area contributed by atoms with E-state index in [9.17, 15) is 14.4 Å². The molecule has 0 radical (unpaired) electrons. The highest BCUT2D eigenvalue weighted by atomic mass is 16.5. The quantitative estimate of drug-likeness (QED) is 0.252. The van der Waals surface area contributed by atoms with Gasteiger partial charge in [0.05, 0.1) is 0 Å². The molecule has 4 N–H and O–H groups in total. The minimum absolute atomic E-state index is 0.0132. The Labute approximate surface area is 197 Å². The molecule has 0 fully saturated rings. The van der Waals surface area contributed by atoms with Crippen LogP contribution in [0.4, 0.5) is 4.79 Å². The second-order valence-corrected chi connectivity index (χ2v) is 7.45. The monoisotopic (exact) mass is 459 g/mol. The average molecular weight is 460 g/mol. The Balaban J connectivity index is 1.55. The number of rotatable bonds is 9. The summed E-state index contributed by atoms with van der Waals surface area (Å²) in [5.41, 5.74) is 9.67. The molecule has 8 nitrogen and oxygen atoms in total. The number of nitrogens with two attached hydrogens (primary N) is 1. The van der Waals surface area contributed by atoms with Gasteiger partial charge in [-0.25, -0.2) is 4.79 Å². The van der Waals surface area contributed by atoms with Crippen LogP contribution in [0, 0.1) is 0 Å². The maximum atomic E-state index is 12.1. The molecule has 0 saturated heterocycles. The molecule has 0 bridgehead atoms. The molecule has 0 saturated carbocycles. The van der Waals surface area contributed by atoms with Crippen molar-refractivity contribution in [2.24, 2.45) is 10.7 Å². The van der Waals surface area contributed by atoms with Crippen LogP contribution in [0.3, 0.4) is 0 Å². The Morgan fingerprint density at radius 1 is 0.853 bits per heavy atom. The summed E-state index contributed by atoms with van der Waals surface area (Å²) in [5.74, 6) is -1.09. The number of carboxylic acids is 1. The van der Waals surface area contributed by atoms with E-state index in [1.54, 1.807) is 24.3 Å². The largest absolute Gasteiger partial charge is 0.481 e. The molecule has 0 heterocycles. The average Bonchev–Trinajstić information content (AvgIpc) is 2.86. The number of carbonyl (C=O) groups is 3.